The van der Waals surface area contributed by atoms with Gasteiger partial charge in [-0.15, -0.1) is 11.3 Å². The number of fused-ring (bicyclic) bond motifs is 1. The second-order valence-corrected chi connectivity index (χ2v) is 6.12. The second kappa shape index (κ2) is 6.15. The lowest BCUT2D eigenvalue weighted by molar-refractivity contribution is 0.796. The van der Waals surface area contributed by atoms with Gasteiger partial charge in [-0.05, 0) is 19.9 Å². The SMILES string of the molecule is C=C(C)CN=c1scc(C)n1N=Cc1c[nH]c2ccccc12. The highest BCUT2D eigenvalue weighted by molar-refractivity contribution is 7.07. The van der Waals surface area contributed by atoms with Crippen LogP contribution in [0.4, 0.5) is 0 Å². The summed E-state index contributed by atoms with van der Waals surface area (Å²) >= 11 is 1.59. The average molecular weight is 310 g/mol. The molecule has 0 saturated carbocycles. The van der Waals surface area contributed by atoms with E-state index >= 15 is 0 Å². The fraction of sp³-hybridized carbons (Fsp3) is 0.176. The third kappa shape index (κ3) is 2.94. The number of thiazole rings is 1. The van der Waals surface area contributed by atoms with Gasteiger partial charge in [-0.1, -0.05) is 30.4 Å². The standard InChI is InChI=1S/C17H18N4S/c1-12(2)8-19-17-21(13(3)11-22-17)20-10-14-9-18-16-7-5-4-6-15(14)16/h4-7,9-11,18H,1,8H2,2-3H3. The summed E-state index contributed by atoms with van der Waals surface area (Å²) in [6, 6.07) is 8.20. The number of para-hydroxylation sites is 1. The minimum absolute atomic E-state index is 0.628. The molecule has 2 aromatic heterocycles. The molecule has 3 rings (SSSR count). The predicted molar refractivity (Wildman–Crippen MR) is 93.6 cm³/mol. The van der Waals surface area contributed by atoms with Crippen molar-refractivity contribution in [1.82, 2.24) is 9.66 Å². The Morgan fingerprint density at radius 3 is 3.05 bits per heavy atom. The van der Waals surface area contributed by atoms with Crippen molar-refractivity contribution in [3.05, 3.63) is 64.1 Å². The molecule has 0 spiro atoms. The molecule has 0 unspecified atom stereocenters. The molecule has 0 radical (unpaired) electrons. The molecule has 0 saturated heterocycles. The Balaban J connectivity index is 1.98. The van der Waals surface area contributed by atoms with Crippen LogP contribution in [0, 0.1) is 6.92 Å². The maximum atomic E-state index is 4.59. The van der Waals surface area contributed by atoms with E-state index in [4.69, 9.17) is 0 Å². The van der Waals surface area contributed by atoms with E-state index in [-0.39, 0.29) is 0 Å². The first-order chi connectivity index (χ1) is 10.6. The van der Waals surface area contributed by atoms with E-state index in [9.17, 15) is 0 Å². The molecule has 0 atom stereocenters. The van der Waals surface area contributed by atoms with Gasteiger partial charge in [0.25, 0.3) is 0 Å². The zero-order chi connectivity index (χ0) is 15.5. The lowest BCUT2D eigenvalue weighted by Gasteiger charge is -1.97. The number of rotatable bonds is 4. The van der Waals surface area contributed by atoms with Crippen molar-refractivity contribution in [2.75, 3.05) is 6.54 Å². The smallest absolute Gasteiger partial charge is 0.206 e. The summed E-state index contributed by atoms with van der Waals surface area (Å²) in [5.74, 6) is 0. The predicted octanol–water partition coefficient (Wildman–Crippen LogP) is 3.70. The van der Waals surface area contributed by atoms with Crippen LogP contribution in [0.5, 0.6) is 0 Å². The van der Waals surface area contributed by atoms with Gasteiger partial charge in [-0.2, -0.15) is 5.10 Å². The fourth-order valence-corrected chi connectivity index (χ4v) is 2.96. The first kappa shape index (κ1) is 14.5. The van der Waals surface area contributed by atoms with Crippen molar-refractivity contribution in [2.24, 2.45) is 10.1 Å². The normalized spacial score (nSPS) is 12.5. The molecule has 1 aromatic carbocycles. The molecule has 0 bridgehead atoms. The number of hydrogen-bond donors (Lipinski definition) is 1. The van der Waals surface area contributed by atoms with E-state index in [1.807, 2.05) is 43.1 Å². The van der Waals surface area contributed by atoms with Crippen LogP contribution < -0.4 is 4.80 Å². The van der Waals surface area contributed by atoms with Gasteiger partial charge >= 0.3 is 0 Å². The van der Waals surface area contributed by atoms with Crippen molar-refractivity contribution in [3.8, 4) is 0 Å². The zero-order valence-electron chi connectivity index (χ0n) is 12.7. The summed E-state index contributed by atoms with van der Waals surface area (Å²) in [7, 11) is 0. The third-order valence-corrected chi connectivity index (χ3v) is 4.24. The largest absolute Gasteiger partial charge is 0.361 e. The van der Waals surface area contributed by atoms with Crippen LogP contribution in [0.15, 0.2) is 58.1 Å². The number of nitrogens with one attached hydrogen (secondary N) is 1. The monoisotopic (exact) mass is 310 g/mol. The Morgan fingerprint density at radius 1 is 1.41 bits per heavy atom. The molecule has 3 aromatic rings. The van der Waals surface area contributed by atoms with Crippen LogP contribution in [0.2, 0.25) is 0 Å². The summed E-state index contributed by atoms with van der Waals surface area (Å²) < 4.78 is 1.87. The Labute approximate surface area is 133 Å². The van der Waals surface area contributed by atoms with Gasteiger partial charge in [0.2, 0.25) is 4.80 Å². The number of nitrogens with zero attached hydrogens (tertiary/aromatic N) is 3. The molecule has 0 aliphatic heterocycles. The Kier molecular flexibility index (Phi) is 4.06. The summed E-state index contributed by atoms with van der Waals surface area (Å²) in [6.07, 6.45) is 3.85. The van der Waals surface area contributed by atoms with Crippen LogP contribution >= 0.6 is 11.3 Å². The maximum Gasteiger partial charge on any atom is 0.206 e. The molecule has 4 nitrogen and oxygen atoms in total. The molecule has 2 heterocycles. The lowest BCUT2D eigenvalue weighted by Crippen LogP contribution is -2.12. The van der Waals surface area contributed by atoms with Gasteiger partial charge in [0.15, 0.2) is 0 Å². The summed E-state index contributed by atoms with van der Waals surface area (Å²) in [4.78, 5) is 8.69. The quantitative estimate of drug-likeness (QED) is 0.564. The molecule has 22 heavy (non-hydrogen) atoms. The molecule has 0 aliphatic rings. The third-order valence-electron chi connectivity index (χ3n) is 3.27. The molecule has 1 N–H and O–H groups in total. The highest BCUT2D eigenvalue weighted by Crippen LogP contribution is 2.15. The highest BCUT2D eigenvalue weighted by Gasteiger charge is 2.02. The van der Waals surface area contributed by atoms with E-state index in [0.29, 0.717) is 6.54 Å². The Hall–Kier alpha value is -2.40. The molecule has 0 aliphatic carbocycles. The number of aromatic amines is 1. The van der Waals surface area contributed by atoms with Crippen LogP contribution in [0.3, 0.4) is 0 Å². The van der Waals surface area contributed by atoms with Gasteiger partial charge in [0.05, 0.1) is 18.5 Å². The van der Waals surface area contributed by atoms with E-state index in [2.05, 4.69) is 39.2 Å². The number of H-pyrrole nitrogens is 1. The van der Waals surface area contributed by atoms with Crippen molar-refractivity contribution in [2.45, 2.75) is 13.8 Å². The topological polar surface area (TPSA) is 45.4 Å². The number of benzene rings is 1. The van der Waals surface area contributed by atoms with Crippen LogP contribution in [-0.4, -0.2) is 22.4 Å². The van der Waals surface area contributed by atoms with Crippen LogP contribution in [-0.2, 0) is 0 Å². The fourth-order valence-electron chi connectivity index (χ4n) is 2.16. The zero-order valence-corrected chi connectivity index (χ0v) is 13.5. The van der Waals surface area contributed by atoms with Crippen molar-refractivity contribution >= 4 is 28.5 Å². The van der Waals surface area contributed by atoms with Crippen molar-refractivity contribution < 1.29 is 0 Å². The minimum Gasteiger partial charge on any atom is -0.361 e. The Morgan fingerprint density at radius 2 is 2.23 bits per heavy atom. The van der Waals surface area contributed by atoms with Gasteiger partial charge in [0.1, 0.15) is 0 Å². The summed E-state index contributed by atoms with van der Waals surface area (Å²) in [5, 5.41) is 7.82. The molecule has 0 fully saturated rings. The van der Waals surface area contributed by atoms with Crippen molar-refractivity contribution in [3.63, 3.8) is 0 Å². The molecule has 0 amide bonds. The number of hydrogen-bond acceptors (Lipinski definition) is 3. The molecular formula is C17H18N4S. The lowest BCUT2D eigenvalue weighted by atomic mass is 10.2. The van der Waals surface area contributed by atoms with Crippen LogP contribution in [0.25, 0.3) is 10.9 Å². The van der Waals surface area contributed by atoms with Crippen LogP contribution in [0.1, 0.15) is 18.2 Å². The minimum atomic E-state index is 0.628. The van der Waals surface area contributed by atoms with Gasteiger partial charge in [0, 0.05) is 28.0 Å². The van der Waals surface area contributed by atoms with Gasteiger partial charge in [-0.3, -0.25) is 4.99 Å². The van der Waals surface area contributed by atoms with Gasteiger partial charge in [-0.25, -0.2) is 4.68 Å². The molecule has 5 heteroatoms. The second-order valence-electron chi connectivity index (χ2n) is 5.28. The first-order valence-electron chi connectivity index (χ1n) is 7.07. The van der Waals surface area contributed by atoms with Gasteiger partial charge < -0.3 is 4.98 Å². The maximum absolute atomic E-state index is 4.59. The average Bonchev–Trinajstić information content (AvgIpc) is 3.07. The van der Waals surface area contributed by atoms with E-state index in [1.54, 1.807) is 11.3 Å². The first-order valence-corrected chi connectivity index (χ1v) is 7.95. The summed E-state index contributed by atoms with van der Waals surface area (Å²) in [6.45, 7) is 8.52. The summed E-state index contributed by atoms with van der Waals surface area (Å²) in [5.41, 5.74) is 4.29. The van der Waals surface area contributed by atoms with Crippen molar-refractivity contribution in [1.29, 1.82) is 0 Å². The highest BCUT2D eigenvalue weighted by atomic mass is 32.1. The van der Waals surface area contributed by atoms with E-state index < -0.39 is 0 Å². The molecule has 112 valence electrons. The number of aromatic nitrogens is 2. The van der Waals surface area contributed by atoms with E-state index in [1.165, 1.54) is 5.39 Å². The molecular weight excluding hydrogens is 292 g/mol. The van der Waals surface area contributed by atoms with E-state index in [0.717, 1.165) is 27.1 Å². The number of aryl methyl sites for hydroxylation is 1. The Bertz CT molecular complexity index is 908.